The third-order valence-electron chi connectivity index (χ3n) is 3.08. The van der Waals surface area contributed by atoms with Crippen LogP contribution in [0.3, 0.4) is 0 Å². The summed E-state index contributed by atoms with van der Waals surface area (Å²) in [5, 5.41) is 3.47. The molecule has 1 N–H and O–H groups in total. The Morgan fingerprint density at radius 1 is 1.60 bits per heavy atom. The van der Waals surface area contributed by atoms with Crippen molar-refractivity contribution in [3.8, 4) is 0 Å². The molecule has 0 aromatic carbocycles. The molecule has 1 saturated heterocycles. The van der Waals surface area contributed by atoms with Gasteiger partial charge in [-0.1, -0.05) is 6.92 Å². The number of aryl methyl sites for hydroxylation is 1. The van der Waals surface area contributed by atoms with Crippen LogP contribution in [0, 0.1) is 6.92 Å². The average Bonchev–Trinajstić information content (AvgIpc) is 2.65. The Morgan fingerprint density at radius 3 is 3.00 bits per heavy atom. The highest BCUT2D eigenvalue weighted by atomic mass is 32.1. The fourth-order valence-corrected chi connectivity index (χ4v) is 2.79. The first-order valence-electron chi connectivity index (χ1n) is 5.58. The van der Waals surface area contributed by atoms with Gasteiger partial charge in [-0.15, -0.1) is 11.3 Å². The first kappa shape index (κ1) is 11.1. The van der Waals surface area contributed by atoms with Crippen molar-refractivity contribution < 1.29 is 4.74 Å². The standard InChI is InChI=1S/C12H19NOS/c1-4-12(3)8-13-7-10(14-12)11-6-5-9(2)15-11/h5-6,10,13H,4,7-8H2,1-3H3. The largest absolute Gasteiger partial charge is 0.364 e. The van der Waals surface area contributed by atoms with Gasteiger partial charge >= 0.3 is 0 Å². The van der Waals surface area contributed by atoms with Gasteiger partial charge in [0.15, 0.2) is 0 Å². The highest BCUT2D eigenvalue weighted by Crippen LogP contribution is 2.32. The molecule has 0 saturated carbocycles. The maximum Gasteiger partial charge on any atom is 0.105 e. The van der Waals surface area contributed by atoms with E-state index in [9.17, 15) is 0 Å². The third kappa shape index (κ3) is 2.41. The first-order chi connectivity index (χ1) is 7.13. The highest BCUT2D eigenvalue weighted by Gasteiger charge is 2.32. The van der Waals surface area contributed by atoms with E-state index in [0.29, 0.717) is 0 Å². The minimum absolute atomic E-state index is 0.000805. The molecule has 2 unspecified atom stereocenters. The molecule has 1 fully saturated rings. The molecular formula is C12H19NOS. The van der Waals surface area contributed by atoms with Gasteiger partial charge < -0.3 is 10.1 Å². The number of rotatable bonds is 2. The second-order valence-electron chi connectivity index (χ2n) is 4.49. The zero-order valence-electron chi connectivity index (χ0n) is 9.67. The van der Waals surface area contributed by atoms with Crippen LogP contribution < -0.4 is 5.32 Å². The summed E-state index contributed by atoms with van der Waals surface area (Å²) < 4.78 is 6.17. The Balaban J connectivity index is 2.11. The van der Waals surface area contributed by atoms with Gasteiger partial charge in [-0.05, 0) is 32.4 Å². The summed E-state index contributed by atoms with van der Waals surface area (Å²) in [7, 11) is 0. The maximum absolute atomic E-state index is 6.17. The van der Waals surface area contributed by atoms with Crippen LogP contribution in [0.5, 0.6) is 0 Å². The van der Waals surface area contributed by atoms with E-state index in [4.69, 9.17) is 4.74 Å². The van der Waals surface area contributed by atoms with E-state index in [-0.39, 0.29) is 11.7 Å². The van der Waals surface area contributed by atoms with Crippen LogP contribution in [0.15, 0.2) is 12.1 Å². The Hall–Kier alpha value is -0.380. The van der Waals surface area contributed by atoms with Crippen molar-refractivity contribution in [2.24, 2.45) is 0 Å². The van der Waals surface area contributed by atoms with Crippen LogP contribution >= 0.6 is 11.3 Å². The van der Waals surface area contributed by atoms with Gasteiger partial charge in [0.25, 0.3) is 0 Å². The SMILES string of the molecule is CCC1(C)CNCC(c2ccc(C)s2)O1. The van der Waals surface area contributed by atoms with Crippen LogP contribution in [0.25, 0.3) is 0 Å². The Morgan fingerprint density at radius 2 is 2.40 bits per heavy atom. The topological polar surface area (TPSA) is 21.3 Å². The maximum atomic E-state index is 6.17. The van der Waals surface area contributed by atoms with Crippen molar-refractivity contribution in [1.82, 2.24) is 5.32 Å². The van der Waals surface area contributed by atoms with Gasteiger partial charge in [-0.25, -0.2) is 0 Å². The van der Waals surface area contributed by atoms with Crippen molar-refractivity contribution in [3.05, 3.63) is 21.9 Å². The fraction of sp³-hybridized carbons (Fsp3) is 0.667. The van der Waals surface area contributed by atoms with E-state index in [1.165, 1.54) is 9.75 Å². The van der Waals surface area contributed by atoms with Crippen LogP contribution in [0.1, 0.15) is 36.1 Å². The average molecular weight is 225 g/mol. The zero-order chi connectivity index (χ0) is 10.9. The molecule has 2 rings (SSSR count). The first-order valence-corrected chi connectivity index (χ1v) is 6.39. The molecular weight excluding hydrogens is 206 g/mol. The molecule has 1 aromatic heterocycles. The second kappa shape index (κ2) is 4.24. The van der Waals surface area contributed by atoms with Gasteiger partial charge in [0.2, 0.25) is 0 Å². The predicted molar refractivity (Wildman–Crippen MR) is 64.4 cm³/mol. The van der Waals surface area contributed by atoms with Crippen molar-refractivity contribution in [2.75, 3.05) is 13.1 Å². The molecule has 1 aromatic rings. The van der Waals surface area contributed by atoms with Crippen LogP contribution in [0.4, 0.5) is 0 Å². The zero-order valence-corrected chi connectivity index (χ0v) is 10.5. The van der Waals surface area contributed by atoms with Crippen LogP contribution in [0.2, 0.25) is 0 Å². The molecule has 0 spiro atoms. The molecule has 2 heterocycles. The van der Waals surface area contributed by atoms with Crippen molar-refractivity contribution in [2.45, 2.75) is 38.9 Å². The third-order valence-corrected chi connectivity index (χ3v) is 4.17. The summed E-state index contributed by atoms with van der Waals surface area (Å²) in [5.41, 5.74) is 0.000805. The summed E-state index contributed by atoms with van der Waals surface area (Å²) in [6, 6.07) is 4.36. The summed E-state index contributed by atoms with van der Waals surface area (Å²) >= 11 is 1.84. The van der Waals surface area contributed by atoms with Crippen molar-refractivity contribution >= 4 is 11.3 Å². The fourth-order valence-electron chi connectivity index (χ4n) is 1.89. The van der Waals surface area contributed by atoms with E-state index in [0.717, 1.165) is 19.5 Å². The highest BCUT2D eigenvalue weighted by molar-refractivity contribution is 7.12. The molecule has 84 valence electrons. The Kier molecular flexibility index (Phi) is 3.14. The molecule has 0 radical (unpaired) electrons. The quantitative estimate of drug-likeness (QED) is 0.835. The second-order valence-corrected chi connectivity index (χ2v) is 5.81. The van der Waals surface area contributed by atoms with Gasteiger partial charge in [0.1, 0.15) is 6.10 Å². The van der Waals surface area contributed by atoms with Gasteiger partial charge in [0, 0.05) is 22.8 Å². The molecule has 0 aliphatic carbocycles. The summed E-state index contributed by atoms with van der Waals surface area (Å²) in [6.45, 7) is 8.42. The van der Waals surface area contributed by atoms with Gasteiger partial charge in [0.05, 0.1) is 5.60 Å². The monoisotopic (exact) mass is 225 g/mol. The lowest BCUT2D eigenvalue weighted by atomic mass is 10.0. The molecule has 1 aliphatic rings. The summed E-state index contributed by atoms with van der Waals surface area (Å²) in [6.07, 6.45) is 1.29. The lowest BCUT2D eigenvalue weighted by Gasteiger charge is -2.38. The van der Waals surface area contributed by atoms with Gasteiger partial charge in [-0.3, -0.25) is 0 Å². The predicted octanol–water partition coefficient (Wildman–Crippen LogP) is 2.89. The molecule has 2 nitrogen and oxygen atoms in total. The Labute approximate surface area is 95.6 Å². The summed E-state index contributed by atoms with van der Waals surface area (Å²) in [5.74, 6) is 0. The number of hydrogen-bond donors (Lipinski definition) is 1. The lowest BCUT2D eigenvalue weighted by molar-refractivity contribution is -0.108. The van der Waals surface area contributed by atoms with E-state index in [1.54, 1.807) is 0 Å². The molecule has 15 heavy (non-hydrogen) atoms. The number of nitrogens with one attached hydrogen (secondary N) is 1. The summed E-state index contributed by atoms with van der Waals surface area (Å²) in [4.78, 5) is 2.71. The molecule has 2 atom stereocenters. The smallest absolute Gasteiger partial charge is 0.105 e. The van der Waals surface area contributed by atoms with E-state index < -0.39 is 0 Å². The minimum Gasteiger partial charge on any atom is -0.364 e. The molecule has 1 aliphatic heterocycles. The van der Waals surface area contributed by atoms with E-state index in [2.05, 4.69) is 38.2 Å². The lowest BCUT2D eigenvalue weighted by Crippen LogP contribution is -2.48. The molecule has 0 bridgehead atoms. The normalized spacial score (nSPS) is 31.8. The van der Waals surface area contributed by atoms with Crippen molar-refractivity contribution in [3.63, 3.8) is 0 Å². The van der Waals surface area contributed by atoms with Crippen LogP contribution in [-0.2, 0) is 4.74 Å². The molecule has 0 amide bonds. The van der Waals surface area contributed by atoms with Crippen LogP contribution in [-0.4, -0.2) is 18.7 Å². The number of ether oxygens (including phenoxy) is 1. The van der Waals surface area contributed by atoms with Crippen molar-refractivity contribution in [1.29, 1.82) is 0 Å². The minimum atomic E-state index is 0.000805. The van der Waals surface area contributed by atoms with E-state index >= 15 is 0 Å². The van der Waals surface area contributed by atoms with E-state index in [1.807, 2.05) is 11.3 Å². The molecule has 3 heteroatoms. The van der Waals surface area contributed by atoms with Gasteiger partial charge in [-0.2, -0.15) is 0 Å². The number of morpholine rings is 1. The Bertz CT molecular complexity index is 336. The number of thiophene rings is 1. The number of hydrogen-bond acceptors (Lipinski definition) is 3.